The van der Waals surface area contributed by atoms with E-state index in [0.29, 0.717) is 18.7 Å². The van der Waals surface area contributed by atoms with Crippen LogP contribution in [0.4, 0.5) is 0 Å². The molecule has 2 N–H and O–H groups in total. The molecule has 6 nitrogen and oxygen atoms in total. The number of likely N-dealkylation sites (tertiary alicyclic amines) is 1. The van der Waals surface area contributed by atoms with E-state index in [1.165, 1.54) is 0 Å². The van der Waals surface area contributed by atoms with E-state index < -0.39 is 6.10 Å². The first-order valence-electron chi connectivity index (χ1n) is 10.1. The highest BCUT2D eigenvalue weighted by Gasteiger charge is 2.22. The third-order valence-electron chi connectivity index (χ3n) is 5.19. The molecule has 1 aliphatic rings. The van der Waals surface area contributed by atoms with Gasteiger partial charge in [0.15, 0.2) is 0 Å². The average Bonchev–Trinajstić information content (AvgIpc) is 2.76. The lowest BCUT2D eigenvalue weighted by Crippen LogP contribution is -2.47. The van der Waals surface area contributed by atoms with E-state index in [0.717, 1.165) is 37.2 Å². The van der Waals surface area contributed by atoms with Crippen LogP contribution >= 0.6 is 0 Å². The summed E-state index contributed by atoms with van der Waals surface area (Å²) in [6.07, 6.45) is 1.22. The molecule has 1 unspecified atom stereocenters. The van der Waals surface area contributed by atoms with E-state index in [1.807, 2.05) is 54.6 Å². The molecule has 1 amide bonds. The highest BCUT2D eigenvalue weighted by molar-refractivity contribution is 5.94. The lowest BCUT2D eigenvalue weighted by Gasteiger charge is -2.33. The van der Waals surface area contributed by atoms with E-state index in [-0.39, 0.29) is 18.6 Å². The van der Waals surface area contributed by atoms with Crippen molar-refractivity contribution in [2.24, 2.45) is 0 Å². The van der Waals surface area contributed by atoms with Gasteiger partial charge in [-0.2, -0.15) is 0 Å². The van der Waals surface area contributed by atoms with Crippen LogP contribution in [0.1, 0.15) is 28.8 Å². The van der Waals surface area contributed by atoms with Crippen molar-refractivity contribution >= 4 is 5.91 Å². The van der Waals surface area contributed by atoms with Gasteiger partial charge in [-0.25, -0.2) is 0 Å². The molecule has 29 heavy (non-hydrogen) atoms. The molecule has 0 spiro atoms. The number of carbonyl (C=O) groups is 1. The van der Waals surface area contributed by atoms with Gasteiger partial charge in [0, 0.05) is 36.8 Å². The van der Waals surface area contributed by atoms with E-state index in [1.54, 1.807) is 7.11 Å². The minimum Gasteiger partial charge on any atom is -0.496 e. The van der Waals surface area contributed by atoms with E-state index in [2.05, 4.69) is 10.2 Å². The second kappa shape index (κ2) is 11.0. The number of hydrogen-bond acceptors (Lipinski definition) is 5. The van der Waals surface area contributed by atoms with Gasteiger partial charge in [0.1, 0.15) is 5.75 Å². The van der Waals surface area contributed by atoms with E-state index >= 15 is 0 Å². The molecule has 1 atom stereocenters. The first-order chi connectivity index (χ1) is 14.2. The number of rotatable bonds is 9. The Morgan fingerprint density at radius 3 is 2.55 bits per heavy atom. The zero-order valence-electron chi connectivity index (χ0n) is 16.9. The number of amides is 1. The smallest absolute Gasteiger partial charge is 0.251 e. The van der Waals surface area contributed by atoms with Crippen molar-refractivity contribution in [3.05, 3.63) is 65.7 Å². The molecule has 1 heterocycles. The predicted molar refractivity (Wildman–Crippen MR) is 112 cm³/mol. The predicted octanol–water partition coefficient (Wildman–Crippen LogP) is 2.47. The van der Waals surface area contributed by atoms with Crippen LogP contribution in [-0.2, 0) is 11.3 Å². The summed E-state index contributed by atoms with van der Waals surface area (Å²) in [5, 5.41) is 13.4. The van der Waals surface area contributed by atoms with Crippen LogP contribution in [0.15, 0.2) is 54.6 Å². The minimum atomic E-state index is -0.542. The Labute approximate surface area is 172 Å². The number of aliphatic hydroxyl groups excluding tert-OH is 1. The monoisotopic (exact) mass is 398 g/mol. The number of piperidine rings is 1. The number of aliphatic hydroxyl groups is 1. The molecule has 1 fully saturated rings. The lowest BCUT2D eigenvalue weighted by molar-refractivity contribution is 0.00526. The molecule has 0 bridgehead atoms. The standard InChI is InChI=1S/C23H30N2O4/c1-28-22-10-6-5-9-19(22)16-29-17-21(26)15-25-13-11-20(12-14-25)24-23(27)18-7-3-2-4-8-18/h2-10,20-21,26H,11-17H2,1H3,(H,24,27). The van der Waals surface area contributed by atoms with Crippen LogP contribution in [0.5, 0.6) is 5.75 Å². The Hall–Kier alpha value is -2.41. The third-order valence-corrected chi connectivity index (χ3v) is 5.19. The van der Waals surface area contributed by atoms with Gasteiger partial charge in [0.05, 0.1) is 26.4 Å². The largest absolute Gasteiger partial charge is 0.496 e. The van der Waals surface area contributed by atoms with Crippen molar-refractivity contribution in [1.82, 2.24) is 10.2 Å². The third kappa shape index (κ3) is 6.56. The van der Waals surface area contributed by atoms with Crippen molar-refractivity contribution in [3.8, 4) is 5.75 Å². The summed E-state index contributed by atoms with van der Waals surface area (Å²) in [6.45, 7) is 2.97. The quantitative estimate of drug-likeness (QED) is 0.679. The fourth-order valence-corrected chi connectivity index (χ4v) is 3.60. The molecule has 0 aliphatic carbocycles. The van der Waals surface area contributed by atoms with Crippen LogP contribution in [0.2, 0.25) is 0 Å². The van der Waals surface area contributed by atoms with Gasteiger partial charge in [-0.1, -0.05) is 36.4 Å². The Bertz CT molecular complexity index is 760. The maximum atomic E-state index is 12.3. The van der Waals surface area contributed by atoms with Crippen molar-refractivity contribution in [2.45, 2.75) is 31.6 Å². The van der Waals surface area contributed by atoms with Crippen LogP contribution in [0.3, 0.4) is 0 Å². The maximum absolute atomic E-state index is 12.3. The normalized spacial score (nSPS) is 16.3. The fourth-order valence-electron chi connectivity index (χ4n) is 3.60. The van der Waals surface area contributed by atoms with Gasteiger partial charge >= 0.3 is 0 Å². The lowest BCUT2D eigenvalue weighted by atomic mass is 10.0. The summed E-state index contributed by atoms with van der Waals surface area (Å²) in [6, 6.07) is 17.2. The van der Waals surface area contributed by atoms with Crippen molar-refractivity contribution in [2.75, 3.05) is 33.4 Å². The number of methoxy groups -OCH3 is 1. The Morgan fingerprint density at radius 2 is 1.83 bits per heavy atom. The zero-order chi connectivity index (χ0) is 20.5. The SMILES string of the molecule is COc1ccccc1COCC(O)CN1CCC(NC(=O)c2ccccc2)CC1. The molecule has 0 saturated carbocycles. The zero-order valence-corrected chi connectivity index (χ0v) is 16.9. The van der Waals surface area contributed by atoms with Gasteiger partial charge in [-0.3, -0.25) is 4.79 Å². The second-order valence-electron chi connectivity index (χ2n) is 7.40. The molecule has 6 heteroatoms. The van der Waals surface area contributed by atoms with Crippen LogP contribution < -0.4 is 10.1 Å². The number of nitrogens with one attached hydrogen (secondary N) is 1. The molecular formula is C23H30N2O4. The Kier molecular flexibility index (Phi) is 8.04. The van der Waals surface area contributed by atoms with Crippen LogP contribution in [0, 0.1) is 0 Å². The number of ether oxygens (including phenoxy) is 2. The van der Waals surface area contributed by atoms with Gasteiger partial charge in [-0.15, -0.1) is 0 Å². The van der Waals surface area contributed by atoms with Gasteiger partial charge in [-0.05, 0) is 31.0 Å². The minimum absolute atomic E-state index is 0.0196. The van der Waals surface area contributed by atoms with Gasteiger partial charge < -0.3 is 24.8 Å². The van der Waals surface area contributed by atoms with Gasteiger partial charge in [0.2, 0.25) is 0 Å². The second-order valence-corrected chi connectivity index (χ2v) is 7.40. The fraction of sp³-hybridized carbons (Fsp3) is 0.435. The van der Waals surface area contributed by atoms with E-state index in [4.69, 9.17) is 9.47 Å². The first kappa shape index (κ1) is 21.3. The number of carbonyl (C=O) groups excluding carboxylic acids is 1. The number of β-amino-alcohol motifs (C(OH)–C–C–N with tert-alkyl or cyclic N) is 1. The highest BCUT2D eigenvalue weighted by atomic mass is 16.5. The average molecular weight is 399 g/mol. The topological polar surface area (TPSA) is 71.0 Å². The van der Waals surface area contributed by atoms with E-state index in [9.17, 15) is 9.90 Å². The molecule has 156 valence electrons. The van der Waals surface area contributed by atoms with Crippen molar-refractivity contribution in [1.29, 1.82) is 0 Å². The maximum Gasteiger partial charge on any atom is 0.251 e. The summed E-state index contributed by atoms with van der Waals surface area (Å²) in [5.41, 5.74) is 1.66. The van der Waals surface area contributed by atoms with Crippen LogP contribution in [-0.4, -0.2) is 61.4 Å². The molecular weight excluding hydrogens is 368 g/mol. The number of nitrogens with zero attached hydrogens (tertiary/aromatic N) is 1. The summed E-state index contributed by atoms with van der Waals surface area (Å²) in [4.78, 5) is 14.5. The molecule has 1 aliphatic heterocycles. The summed E-state index contributed by atoms with van der Waals surface area (Å²) < 4.78 is 11.0. The Balaban J connectivity index is 1.34. The van der Waals surface area contributed by atoms with Crippen molar-refractivity contribution < 1.29 is 19.4 Å². The summed E-state index contributed by atoms with van der Waals surface area (Å²) >= 11 is 0. The number of benzene rings is 2. The van der Waals surface area contributed by atoms with Gasteiger partial charge in [0.25, 0.3) is 5.91 Å². The molecule has 0 aromatic heterocycles. The molecule has 2 aromatic rings. The molecule has 2 aromatic carbocycles. The Morgan fingerprint density at radius 1 is 1.14 bits per heavy atom. The molecule has 0 radical (unpaired) electrons. The summed E-state index contributed by atoms with van der Waals surface area (Å²) in [7, 11) is 1.64. The molecule has 1 saturated heterocycles. The summed E-state index contributed by atoms with van der Waals surface area (Å²) in [5.74, 6) is 0.774. The number of para-hydroxylation sites is 1. The first-order valence-corrected chi connectivity index (χ1v) is 10.1. The van der Waals surface area contributed by atoms with Crippen LogP contribution in [0.25, 0.3) is 0 Å². The molecule has 3 rings (SSSR count). The highest BCUT2D eigenvalue weighted by Crippen LogP contribution is 2.18. The van der Waals surface area contributed by atoms with Crippen molar-refractivity contribution in [3.63, 3.8) is 0 Å². The number of hydrogen-bond donors (Lipinski definition) is 2.